The van der Waals surface area contributed by atoms with E-state index in [9.17, 15) is 13.2 Å². The van der Waals surface area contributed by atoms with Gasteiger partial charge >= 0.3 is 0 Å². The molecule has 11 nitrogen and oxygen atoms in total. The number of aromatic nitrogens is 1. The Kier molecular flexibility index (Phi) is 6.85. The second-order valence-electron chi connectivity index (χ2n) is 9.47. The van der Waals surface area contributed by atoms with Crippen LogP contribution in [0.1, 0.15) is 11.1 Å². The van der Waals surface area contributed by atoms with Crippen molar-refractivity contribution in [2.75, 3.05) is 32.8 Å². The monoisotopic (exact) mass is 591 g/mol. The second kappa shape index (κ2) is 10.5. The molecule has 1 N–H and O–H groups in total. The second-order valence-corrected chi connectivity index (χ2v) is 12.5. The van der Waals surface area contributed by atoms with E-state index in [0.29, 0.717) is 39.1 Å². The van der Waals surface area contributed by atoms with Crippen molar-refractivity contribution < 1.29 is 27.4 Å². The van der Waals surface area contributed by atoms with Crippen LogP contribution in [0.25, 0.3) is 11.3 Å². The van der Waals surface area contributed by atoms with Crippen molar-refractivity contribution >= 4 is 44.9 Å². The zero-order chi connectivity index (χ0) is 28.7. The fourth-order valence-electron chi connectivity index (χ4n) is 4.23. The van der Waals surface area contributed by atoms with E-state index in [1.54, 1.807) is 35.2 Å². The molecule has 3 aromatic carbocycles. The van der Waals surface area contributed by atoms with E-state index in [4.69, 9.17) is 24.3 Å². The number of anilines is 1. The highest BCUT2D eigenvalue weighted by atomic mass is 32.2. The normalized spacial score (nSPS) is 14.8. The number of aryl methyl sites for hydroxylation is 1. The van der Waals surface area contributed by atoms with Crippen LogP contribution in [0.3, 0.4) is 0 Å². The minimum Gasteiger partial charge on any atom is -0.482 e. The molecule has 0 bridgehead atoms. The largest absolute Gasteiger partial charge is 0.482 e. The number of benzene rings is 3. The lowest BCUT2D eigenvalue weighted by molar-refractivity contribution is -0.118. The Morgan fingerprint density at radius 1 is 1.00 bits per heavy atom. The van der Waals surface area contributed by atoms with E-state index < -0.39 is 10.0 Å². The lowest BCUT2D eigenvalue weighted by atomic mass is 10.1. The van der Waals surface area contributed by atoms with Gasteiger partial charge in [0, 0.05) is 25.0 Å². The number of hydrogen-bond donors (Lipinski definition) is 1. The molecular weight excluding hydrogens is 566 g/mol. The predicted molar refractivity (Wildman–Crippen MR) is 155 cm³/mol. The topological polar surface area (TPSA) is 124 Å². The number of sulfonamides is 1. The van der Waals surface area contributed by atoms with Gasteiger partial charge in [-0.1, -0.05) is 6.07 Å². The molecule has 41 heavy (non-hydrogen) atoms. The number of carbonyl (C=O) groups is 1. The average molecular weight is 592 g/mol. The highest BCUT2D eigenvalue weighted by Crippen LogP contribution is 2.34. The van der Waals surface area contributed by atoms with Gasteiger partial charge in [0.15, 0.2) is 18.1 Å². The summed E-state index contributed by atoms with van der Waals surface area (Å²) >= 11 is 1.35. The Morgan fingerprint density at radius 3 is 2.63 bits per heavy atom. The molecule has 0 atom stereocenters. The molecular formula is C28H25N5O6S2. The molecule has 0 spiro atoms. The lowest BCUT2D eigenvalue weighted by Crippen LogP contribution is -2.25. The number of rotatable bonds is 6. The van der Waals surface area contributed by atoms with Gasteiger partial charge in [0.25, 0.3) is 5.91 Å². The fourth-order valence-corrected chi connectivity index (χ4v) is 6.00. The highest BCUT2D eigenvalue weighted by Gasteiger charge is 2.20. The molecule has 0 saturated carbocycles. The number of nitrogens with zero attached hydrogens (tertiary/aromatic N) is 4. The van der Waals surface area contributed by atoms with Gasteiger partial charge in [-0.2, -0.15) is 5.10 Å². The number of amides is 1. The van der Waals surface area contributed by atoms with Crippen LogP contribution >= 0.6 is 11.3 Å². The van der Waals surface area contributed by atoms with Gasteiger partial charge in [0.05, 0.1) is 28.2 Å². The summed E-state index contributed by atoms with van der Waals surface area (Å²) in [5.41, 5.74) is 4.13. The van der Waals surface area contributed by atoms with Crippen LogP contribution in [0.15, 0.2) is 75.0 Å². The van der Waals surface area contributed by atoms with Gasteiger partial charge in [-0.3, -0.25) is 4.79 Å². The minimum atomic E-state index is -3.65. The van der Waals surface area contributed by atoms with Crippen molar-refractivity contribution in [3.05, 3.63) is 75.9 Å². The van der Waals surface area contributed by atoms with Crippen LogP contribution in [0.4, 0.5) is 11.4 Å². The van der Waals surface area contributed by atoms with E-state index in [2.05, 4.69) is 5.32 Å². The first-order valence-electron chi connectivity index (χ1n) is 12.5. The first-order valence-corrected chi connectivity index (χ1v) is 14.8. The first-order chi connectivity index (χ1) is 19.7. The van der Waals surface area contributed by atoms with Gasteiger partial charge in [-0.05, 0) is 66.6 Å². The molecule has 1 aromatic heterocycles. The van der Waals surface area contributed by atoms with Crippen LogP contribution in [0.5, 0.6) is 17.2 Å². The number of hydrogen-bond acceptors (Lipinski definition) is 9. The molecule has 0 unspecified atom stereocenters. The van der Waals surface area contributed by atoms with Crippen LogP contribution in [0.2, 0.25) is 0 Å². The van der Waals surface area contributed by atoms with Crippen molar-refractivity contribution in [2.24, 2.45) is 10.1 Å². The van der Waals surface area contributed by atoms with Crippen LogP contribution in [0, 0.1) is 6.92 Å². The molecule has 13 heteroatoms. The standard InChI is InChI=1S/C28H25N5O6S2/c1-17-4-7-20(41(35,36)32(2)3)12-21(17)31-28-33(29-13-18-5-8-25-26(10-18)39-16-38-25)23(15-40-28)19-6-9-24-22(11-19)30-27(34)14-37-24/h4-13,15H,14,16H2,1-3H3,(H,30,34)/b29-13-,31-28?. The molecule has 4 aromatic rings. The van der Waals surface area contributed by atoms with E-state index in [0.717, 1.165) is 16.7 Å². The number of nitrogens with one attached hydrogen (secondary N) is 1. The Labute approximate surface area is 240 Å². The molecule has 0 radical (unpaired) electrons. The van der Waals surface area contributed by atoms with E-state index in [1.165, 1.54) is 29.7 Å². The molecule has 6 rings (SSSR count). The van der Waals surface area contributed by atoms with E-state index in [-0.39, 0.29) is 24.2 Å². The molecule has 3 heterocycles. The van der Waals surface area contributed by atoms with Crippen molar-refractivity contribution in [3.63, 3.8) is 0 Å². The van der Waals surface area contributed by atoms with Gasteiger partial charge < -0.3 is 19.5 Å². The smallest absolute Gasteiger partial charge is 0.262 e. The van der Waals surface area contributed by atoms with E-state index >= 15 is 0 Å². The fraction of sp³-hybridized carbons (Fsp3) is 0.179. The van der Waals surface area contributed by atoms with Crippen molar-refractivity contribution in [1.29, 1.82) is 0 Å². The third-order valence-electron chi connectivity index (χ3n) is 6.49. The van der Waals surface area contributed by atoms with Gasteiger partial charge in [0.2, 0.25) is 21.6 Å². The number of carbonyl (C=O) groups excluding carboxylic acids is 1. The van der Waals surface area contributed by atoms with Crippen molar-refractivity contribution in [1.82, 2.24) is 8.98 Å². The van der Waals surface area contributed by atoms with Crippen LogP contribution in [-0.4, -0.2) is 57.0 Å². The zero-order valence-electron chi connectivity index (χ0n) is 22.3. The Hall–Kier alpha value is -4.46. The predicted octanol–water partition coefficient (Wildman–Crippen LogP) is 3.95. The molecule has 2 aliphatic rings. The maximum absolute atomic E-state index is 12.8. The molecule has 1 amide bonds. The Morgan fingerprint density at radius 2 is 1.80 bits per heavy atom. The third kappa shape index (κ3) is 5.22. The van der Waals surface area contributed by atoms with Gasteiger partial charge in [-0.15, -0.1) is 11.3 Å². The molecule has 0 aliphatic carbocycles. The summed E-state index contributed by atoms with van der Waals surface area (Å²) in [5, 5.41) is 9.50. The first kappa shape index (κ1) is 26.7. The summed E-state index contributed by atoms with van der Waals surface area (Å²) in [7, 11) is -0.672. The quantitative estimate of drug-likeness (QED) is 0.339. The maximum atomic E-state index is 12.8. The molecule has 2 aliphatic heterocycles. The molecule has 210 valence electrons. The van der Waals surface area contributed by atoms with Crippen LogP contribution in [-0.2, 0) is 14.8 Å². The number of thiazole rings is 1. The molecule has 0 saturated heterocycles. The zero-order valence-corrected chi connectivity index (χ0v) is 24.0. The Bertz CT molecular complexity index is 1890. The van der Waals surface area contributed by atoms with Gasteiger partial charge in [-0.25, -0.2) is 22.4 Å². The minimum absolute atomic E-state index is 0.0321. The summed E-state index contributed by atoms with van der Waals surface area (Å²) in [6.45, 7) is 2.00. The summed E-state index contributed by atoms with van der Waals surface area (Å²) in [5.74, 6) is 1.66. The number of fused-ring (bicyclic) bond motifs is 2. The SMILES string of the molecule is Cc1ccc(S(=O)(=O)N(C)C)cc1N=c1scc(-c2ccc3c(c2)NC(=O)CO3)n1/N=C\c1ccc2c(c1)OCO2. The van der Waals surface area contributed by atoms with Gasteiger partial charge in [0.1, 0.15) is 5.75 Å². The summed E-state index contributed by atoms with van der Waals surface area (Å²) in [4.78, 5) is 17.4. The van der Waals surface area contributed by atoms with Crippen LogP contribution < -0.4 is 24.3 Å². The Balaban J connectivity index is 1.48. The van der Waals surface area contributed by atoms with Crippen molar-refractivity contribution in [2.45, 2.75) is 11.8 Å². The average Bonchev–Trinajstić information content (AvgIpc) is 3.59. The number of ether oxygens (including phenoxy) is 3. The lowest BCUT2D eigenvalue weighted by Gasteiger charge is -2.18. The third-order valence-corrected chi connectivity index (χ3v) is 9.11. The van der Waals surface area contributed by atoms with Crippen molar-refractivity contribution in [3.8, 4) is 28.5 Å². The molecule has 0 fully saturated rings. The van der Waals surface area contributed by atoms with E-state index in [1.807, 2.05) is 42.6 Å². The summed E-state index contributed by atoms with van der Waals surface area (Å²) < 4.78 is 44.8. The maximum Gasteiger partial charge on any atom is 0.262 e. The summed E-state index contributed by atoms with van der Waals surface area (Å²) in [6, 6.07) is 15.9. The highest BCUT2D eigenvalue weighted by molar-refractivity contribution is 7.89. The summed E-state index contributed by atoms with van der Waals surface area (Å²) in [6.07, 6.45) is 1.68.